The lowest BCUT2D eigenvalue weighted by molar-refractivity contribution is -0.135. The summed E-state index contributed by atoms with van der Waals surface area (Å²) in [6.07, 6.45) is 0. The zero-order valence-electron chi connectivity index (χ0n) is 8.74. The lowest BCUT2D eigenvalue weighted by atomic mass is 10.2. The van der Waals surface area contributed by atoms with Crippen LogP contribution in [0.15, 0.2) is 18.2 Å². The molecular formula is C10H12F2N2O2. The van der Waals surface area contributed by atoms with E-state index >= 15 is 0 Å². The number of ether oxygens (including phenoxy) is 1. The van der Waals surface area contributed by atoms with Crippen LogP contribution in [0.4, 0.5) is 8.78 Å². The van der Waals surface area contributed by atoms with Crippen molar-refractivity contribution in [3.05, 3.63) is 35.4 Å². The Kier molecular flexibility index (Phi) is 4.33. The van der Waals surface area contributed by atoms with E-state index in [2.05, 4.69) is 0 Å². The summed E-state index contributed by atoms with van der Waals surface area (Å²) in [4.78, 5) is 11.0. The molecule has 4 nitrogen and oxygen atoms in total. The van der Waals surface area contributed by atoms with Crippen molar-refractivity contribution < 1.29 is 18.3 Å². The maximum absolute atomic E-state index is 12.8. The Labute approximate surface area is 91.6 Å². The van der Waals surface area contributed by atoms with Gasteiger partial charge in [0.15, 0.2) is 11.6 Å². The molecule has 0 aliphatic heterocycles. The van der Waals surface area contributed by atoms with E-state index in [1.165, 1.54) is 13.1 Å². The number of likely N-dealkylation sites (N-methyl/N-ethyl adjacent to an activating group) is 1. The van der Waals surface area contributed by atoms with Crippen LogP contribution < -0.4 is 5.84 Å². The Hall–Kier alpha value is -1.53. The van der Waals surface area contributed by atoms with Crippen LogP contribution >= 0.6 is 0 Å². The number of hydrogen-bond acceptors (Lipinski definition) is 3. The second-order valence-electron chi connectivity index (χ2n) is 3.25. The monoisotopic (exact) mass is 230 g/mol. The number of nitrogens with zero attached hydrogens (tertiary/aromatic N) is 1. The first kappa shape index (κ1) is 12.5. The highest BCUT2D eigenvalue weighted by Crippen LogP contribution is 2.09. The molecule has 1 amide bonds. The minimum absolute atomic E-state index is 0.0246. The normalized spacial score (nSPS) is 10.2. The number of benzene rings is 1. The molecule has 0 aliphatic rings. The Morgan fingerprint density at radius 3 is 2.69 bits per heavy atom. The molecule has 0 heterocycles. The van der Waals surface area contributed by atoms with Crippen molar-refractivity contribution in [1.29, 1.82) is 0 Å². The quantitative estimate of drug-likeness (QED) is 0.473. The van der Waals surface area contributed by atoms with Gasteiger partial charge in [0.2, 0.25) is 0 Å². The molecule has 0 fully saturated rings. The van der Waals surface area contributed by atoms with Gasteiger partial charge in [0, 0.05) is 7.05 Å². The highest BCUT2D eigenvalue weighted by atomic mass is 19.2. The lowest BCUT2D eigenvalue weighted by Crippen LogP contribution is -2.35. The third kappa shape index (κ3) is 3.56. The fourth-order valence-electron chi connectivity index (χ4n) is 0.987. The van der Waals surface area contributed by atoms with Gasteiger partial charge in [-0.05, 0) is 17.7 Å². The summed E-state index contributed by atoms with van der Waals surface area (Å²) in [6, 6.07) is 3.41. The minimum Gasteiger partial charge on any atom is -0.367 e. The van der Waals surface area contributed by atoms with Crippen molar-refractivity contribution in [2.75, 3.05) is 13.7 Å². The molecule has 0 spiro atoms. The van der Waals surface area contributed by atoms with Gasteiger partial charge >= 0.3 is 0 Å². The van der Waals surface area contributed by atoms with Crippen molar-refractivity contribution in [2.45, 2.75) is 6.61 Å². The van der Waals surface area contributed by atoms with Gasteiger partial charge in [0.25, 0.3) is 5.91 Å². The van der Waals surface area contributed by atoms with Crippen molar-refractivity contribution in [1.82, 2.24) is 5.01 Å². The standard InChI is InChI=1S/C10H12F2N2O2/c1-14(13)10(15)6-16-5-7-2-3-8(11)9(12)4-7/h2-4H,5-6,13H2,1H3. The van der Waals surface area contributed by atoms with E-state index in [0.29, 0.717) is 5.56 Å². The molecule has 88 valence electrons. The van der Waals surface area contributed by atoms with E-state index in [4.69, 9.17) is 10.6 Å². The first-order valence-corrected chi connectivity index (χ1v) is 4.53. The predicted molar refractivity (Wildman–Crippen MR) is 53.0 cm³/mol. The van der Waals surface area contributed by atoms with Gasteiger partial charge in [-0.2, -0.15) is 0 Å². The zero-order valence-corrected chi connectivity index (χ0v) is 8.74. The lowest BCUT2D eigenvalue weighted by Gasteiger charge is -2.10. The second kappa shape index (κ2) is 5.53. The molecule has 0 bridgehead atoms. The molecule has 16 heavy (non-hydrogen) atoms. The number of amides is 1. The average molecular weight is 230 g/mol. The largest absolute Gasteiger partial charge is 0.367 e. The van der Waals surface area contributed by atoms with Gasteiger partial charge in [-0.1, -0.05) is 6.07 Å². The molecule has 0 aromatic heterocycles. The Balaban J connectivity index is 2.43. The van der Waals surface area contributed by atoms with E-state index in [1.54, 1.807) is 0 Å². The minimum atomic E-state index is -0.941. The molecule has 6 heteroatoms. The van der Waals surface area contributed by atoms with Crippen LogP contribution in [0.2, 0.25) is 0 Å². The molecule has 2 N–H and O–H groups in total. The van der Waals surface area contributed by atoms with Crippen LogP contribution in [0, 0.1) is 11.6 Å². The van der Waals surface area contributed by atoms with E-state index in [0.717, 1.165) is 17.1 Å². The van der Waals surface area contributed by atoms with Crippen LogP contribution in [0.3, 0.4) is 0 Å². The van der Waals surface area contributed by atoms with Crippen LogP contribution in [0.25, 0.3) is 0 Å². The molecule has 0 unspecified atom stereocenters. The third-order valence-electron chi connectivity index (χ3n) is 1.87. The molecule has 1 aromatic rings. The SMILES string of the molecule is CN(N)C(=O)COCc1ccc(F)c(F)c1. The zero-order chi connectivity index (χ0) is 12.1. The highest BCUT2D eigenvalue weighted by Gasteiger charge is 2.06. The fourth-order valence-corrected chi connectivity index (χ4v) is 0.987. The molecule has 0 radical (unpaired) electrons. The smallest absolute Gasteiger partial charge is 0.262 e. The van der Waals surface area contributed by atoms with Gasteiger partial charge in [-0.25, -0.2) is 14.6 Å². The Morgan fingerprint density at radius 2 is 2.12 bits per heavy atom. The summed E-state index contributed by atoms with van der Waals surface area (Å²) in [7, 11) is 1.39. The molecule has 1 aromatic carbocycles. The average Bonchev–Trinajstić information content (AvgIpc) is 2.23. The van der Waals surface area contributed by atoms with E-state index < -0.39 is 17.5 Å². The van der Waals surface area contributed by atoms with E-state index in [9.17, 15) is 13.6 Å². The Morgan fingerprint density at radius 1 is 1.44 bits per heavy atom. The molecule has 0 saturated heterocycles. The van der Waals surface area contributed by atoms with Crippen molar-refractivity contribution in [3.8, 4) is 0 Å². The highest BCUT2D eigenvalue weighted by molar-refractivity contribution is 5.76. The molecular weight excluding hydrogens is 218 g/mol. The first-order chi connectivity index (χ1) is 7.50. The first-order valence-electron chi connectivity index (χ1n) is 4.53. The second-order valence-corrected chi connectivity index (χ2v) is 3.25. The summed E-state index contributed by atoms with van der Waals surface area (Å²) < 4.78 is 30.3. The molecule has 0 atom stereocenters. The number of halogens is 2. The van der Waals surface area contributed by atoms with Crippen LogP contribution in [-0.2, 0) is 16.1 Å². The number of nitrogens with two attached hydrogens (primary N) is 1. The molecule has 0 saturated carbocycles. The van der Waals surface area contributed by atoms with Gasteiger partial charge in [0.1, 0.15) is 6.61 Å². The predicted octanol–water partition coefficient (Wildman–Crippen LogP) is 0.814. The number of hydrogen-bond donors (Lipinski definition) is 1. The van der Waals surface area contributed by atoms with Crippen molar-refractivity contribution in [2.24, 2.45) is 5.84 Å². The topological polar surface area (TPSA) is 55.6 Å². The van der Waals surface area contributed by atoms with E-state index in [-0.39, 0.29) is 13.2 Å². The van der Waals surface area contributed by atoms with Crippen molar-refractivity contribution >= 4 is 5.91 Å². The number of rotatable bonds is 4. The Bertz CT molecular complexity index is 383. The number of hydrazine groups is 1. The summed E-state index contributed by atoms with van der Waals surface area (Å²) in [5.74, 6) is 2.90. The van der Waals surface area contributed by atoms with Crippen LogP contribution in [0.1, 0.15) is 5.56 Å². The summed E-state index contributed by atoms with van der Waals surface area (Å²) in [6.45, 7) is -0.178. The summed E-state index contributed by atoms with van der Waals surface area (Å²) >= 11 is 0. The van der Waals surface area contributed by atoms with Gasteiger partial charge in [-0.15, -0.1) is 0 Å². The maximum atomic E-state index is 12.8. The third-order valence-corrected chi connectivity index (χ3v) is 1.87. The van der Waals surface area contributed by atoms with Crippen LogP contribution in [-0.4, -0.2) is 24.6 Å². The van der Waals surface area contributed by atoms with E-state index in [1.807, 2.05) is 0 Å². The van der Waals surface area contributed by atoms with Crippen molar-refractivity contribution in [3.63, 3.8) is 0 Å². The number of carbonyl (C=O) groups is 1. The molecule has 1 rings (SSSR count). The fraction of sp³-hybridized carbons (Fsp3) is 0.300. The molecule has 0 aliphatic carbocycles. The van der Waals surface area contributed by atoms with Gasteiger partial charge in [0.05, 0.1) is 6.61 Å². The van der Waals surface area contributed by atoms with Gasteiger partial charge in [-0.3, -0.25) is 9.80 Å². The summed E-state index contributed by atoms with van der Waals surface area (Å²) in [5.41, 5.74) is 0.450. The van der Waals surface area contributed by atoms with Crippen LogP contribution in [0.5, 0.6) is 0 Å². The number of carbonyl (C=O) groups excluding carboxylic acids is 1. The maximum Gasteiger partial charge on any atom is 0.262 e. The summed E-state index contributed by atoms with van der Waals surface area (Å²) in [5, 5.41) is 0.894. The van der Waals surface area contributed by atoms with Gasteiger partial charge < -0.3 is 4.74 Å².